The zero-order valence-electron chi connectivity index (χ0n) is 22.0. The predicted molar refractivity (Wildman–Crippen MR) is 150 cm³/mol. The lowest BCUT2D eigenvalue weighted by molar-refractivity contribution is -0.0733. The van der Waals surface area contributed by atoms with E-state index in [4.69, 9.17) is 11.6 Å². The SMILES string of the molecule is N#Cc1cnc(NCc2ccccc2Cl)nc1NCC12CC3C[C@H](C1)C(NC1CCC(CO)CC1)[C@@H](C3)C2. The molecule has 8 heteroatoms. The zero-order chi connectivity index (χ0) is 26.1. The second kappa shape index (κ2) is 11.0. The Morgan fingerprint density at radius 3 is 2.53 bits per heavy atom. The molecule has 2 aromatic rings. The first kappa shape index (κ1) is 25.9. The van der Waals surface area contributed by atoms with Gasteiger partial charge in [0.25, 0.3) is 0 Å². The van der Waals surface area contributed by atoms with E-state index in [2.05, 4.69) is 32.0 Å². The maximum atomic E-state index is 9.71. The number of hydrogen-bond acceptors (Lipinski definition) is 7. The minimum absolute atomic E-state index is 0.284. The van der Waals surface area contributed by atoms with E-state index in [9.17, 15) is 10.4 Å². The van der Waals surface area contributed by atoms with Gasteiger partial charge in [-0.05, 0) is 98.5 Å². The first-order chi connectivity index (χ1) is 18.5. The molecule has 0 aliphatic heterocycles. The molecule has 1 aromatic carbocycles. The van der Waals surface area contributed by atoms with E-state index in [1.807, 2.05) is 24.3 Å². The minimum atomic E-state index is 0.284. The molecule has 0 amide bonds. The fourth-order valence-corrected chi connectivity index (χ4v) is 8.44. The van der Waals surface area contributed by atoms with E-state index < -0.39 is 0 Å². The normalized spacial score (nSPS) is 33.6. The largest absolute Gasteiger partial charge is 0.396 e. The third-order valence-corrected chi connectivity index (χ3v) is 10.2. The molecule has 1 aromatic heterocycles. The Hall–Kier alpha value is -2.40. The maximum Gasteiger partial charge on any atom is 0.224 e. The molecule has 1 heterocycles. The predicted octanol–water partition coefficient (Wildman–Crippen LogP) is 5.36. The second-order valence-corrected chi connectivity index (χ2v) is 12.8. The van der Waals surface area contributed by atoms with Crippen molar-refractivity contribution in [3.05, 3.63) is 46.6 Å². The lowest BCUT2D eigenvalue weighted by Crippen LogP contribution is -2.61. The fraction of sp³-hybridized carbons (Fsp3) is 0.633. The molecule has 5 atom stereocenters. The Balaban J connectivity index is 1.09. The van der Waals surface area contributed by atoms with Gasteiger partial charge in [-0.2, -0.15) is 10.2 Å². The van der Waals surface area contributed by atoms with Crippen LogP contribution in [0.3, 0.4) is 0 Å². The summed E-state index contributed by atoms with van der Waals surface area (Å²) in [6.45, 7) is 1.73. The molecule has 7 nitrogen and oxygen atoms in total. The number of nitriles is 1. The molecule has 5 aliphatic rings. The van der Waals surface area contributed by atoms with Crippen molar-refractivity contribution in [1.82, 2.24) is 15.3 Å². The van der Waals surface area contributed by atoms with E-state index >= 15 is 0 Å². The Bertz CT molecular complexity index is 1160. The van der Waals surface area contributed by atoms with Gasteiger partial charge in [0, 0.05) is 36.8 Å². The topological polar surface area (TPSA) is 106 Å². The van der Waals surface area contributed by atoms with Crippen molar-refractivity contribution in [2.75, 3.05) is 23.8 Å². The molecule has 4 bridgehead atoms. The van der Waals surface area contributed by atoms with E-state index in [1.165, 1.54) is 44.9 Å². The Kier molecular flexibility index (Phi) is 7.48. The van der Waals surface area contributed by atoms with Crippen LogP contribution in [0.5, 0.6) is 0 Å². The number of nitrogens with zero attached hydrogens (tertiary/aromatic N) is 3. The van der Waals surface area contributed by atoms with Crippen LogP contribution in [-0.2, 0) is 6.54 Å². The fourth-order valence-electron chi connectivity index (χ4n) is 8.24. The lowest BCUT2D eigenvalue weighted by atomic mass is 9.47. The highest BCUT2D eigenvalue weighted by molar-refractivity contribution is 6.31. The third-order valence-electron chi connectivity index (χ3n) is 9.87. The van der Waals surface area contributed by atoms with Crippen molar-refractivity contribution in [2.45, 2.75) is 76.4 Å². The van der Waals surface area contributed by atoms with E-state index in [0.717, 1.165) is 42.7 Å². The monoisotopic (exact) mass is 534 g/mol. The van der Waals surface area contributed by atoms with Crippen molar-refractivity contribution in [3.8, 4) is 6.07 Å². The van der Waals surface area contributed by atoms with Crippen LogP contribution in [0.4, 0.5) is 11.8 Å². The summed E-state index contributed by atoms with van der Waals surface area (Å²) in [5.41, 5.74) is 1.75. The summed E-state index contributed by atoms with van der Waals surface area (Å²) in [6, 6.07) is 11.3. The van der Waals surface area contributed by atoms with Gasteiger partial charge in [0.05, 0.1) is 6.20 Å². The average molecular weight is 535 g/mol. The quantitative estimate of drug-likeness (QED) is 0.343. The Labute approximate surface area is 230 Å². The van der Waals surface area contributed by atoms with Gasteiger partial charge >= 0.3 is 0 Å². The summed E-state index contributed by atoms with van der Waals surface area (Å²) in [5, 5.41) is 30.9. The van der Waals surface area contributed by atoms with Crippen molar-refractivity contribution in [3.63, 3.8) is 0 Å². The number of halogens is 1. The number of aromatic nitrogens is 2. The van der Waals surface area contributed by atoms with Gasteiger partial charge in [-0.3, -0.25) is 0 Å². The first-order valence-electron chi connectivity index (χ1n) is 14.4. The molecule has 0 spiro atoms. The van der Waals surface area contributed by atoms with Crippen LogP contribution in [0.1, 0.15) is 68.9 Å². The van der Waals surface area contributed by atoms with E-state index in [0.29, 0.717) is 53.5 Å². The lowest BCUT2D eigenvalue weighted by Gasteiger charge is -2.61. The number of nitrogens with one attached hydrogen (secondary N) is 3. The molecular weight excluding hydrogens is 496 g/mol. The highest BCUT2D eigenvalue weighted by Gasteiger charge is 2.55. The Morgan fingerprint density at radius 2 is 1.82 bits per heavy atom. The van der Waals surface area contributed by atoms with E-state index in [-0.39, 0.29) is 5.41 Å². The van der Waals surface area contributed by atoms with E-state index in [1.54, 1.807) is 6.20 Å². The number of benzene rings is 1. The molecule has 0 radical (unpaired) electrons. The van der Waals surface area contributed by atoms with Gasteiger partial charge in [-0.15, -0.1) is 0 Å². The molecule has 38 heavy (non-hydrogen) atoms. The maximum absolute atomic E-state index is 9.71. The van der Waals surface area contributed by atoms with Crippen LogP contribution in [0.2, 0.25) is 5.02 Å². The standard InChI is InChI=1S/C30H39ClN6O/c31-26-4-2-1-3-21(26)15-33-29-34-16-24(14-32)28(37-29)35-18-30-11-20-9-22(12-30)27(23(10-20)13-30)36-25-7-5-19(17-38)6-8-25/h1-4,16,19-20,22-23,25,27,36,38H,5-13,15,17-18H2,(H2,33,34,35,37)/t19?,20?,22-,23+,25?,27?,30?. The van der Waals surface area contributed by atoms with Crippen LogP contribution in [0, 0.1) is 40.4 Å². The smallest absolute Gasteiger partial charge is 0.224 e. The van der Waals surface area contributed by atoms with Crippen LogP contribution in [-0.4, -0.2) is 40.3 Å². The number of anilines is 2. The van der Waals surface area contributed by atoms with Crippen molar-refractivity contribution >= 4 is 23.4 Å². The third kappa shape index (κ3) is 5.36. The summed E-state index contributed by atoms with van der Waals surface area (Å²) < 4.78 is 0. The average Bonchev–Trinajstić information content (AvgIpc) is 2.93. The molecule has 0 saturated heterocycles. The molecule has 5 aliphatic carbocycles. The molecule has 7 rings (SSSR count). The van der Waals surface area contributed by atoms with Crippen LogP contribution in [0.25, 0.3) is 0 Å². The molecular formula is C30H39ClN6O. The molecule has 5 fully saturated rings. The van der Waals surface area contributed by atoms with Gasteiger partial charge in [-0.1, -0.05) is 29.8 Å². The van der Waals surface area contributed by atoms with Gasteiger partial charge < -0.3 is 21.1 Å². The van der Waals surface area contributed by atoms with Gasteiger partial charge in [0.1, 0.15) is 17.5 Å². The zero-order valence-corrected chi connectivity index (χ0v) is 22.8. The minimum Gasteiger partial charge on any atom is -0.396 e. The second-order valence-electron chi connectivity index (χ2n) is 12.4. The van der Waals surface area contributed by atoms with Gasteiger partial charge in [-0.25, -0.2) is 4.98 Å². The van der Waals surface area contributed by atoms with Gasteiger partial charge in [0.15, 0.2) is 0 Å². The number of aliphatic hydroxyl groups is 1. The molecule has 202 valence electrons. The Morgan fingerprint density at radius 1 is 1.05 bits per heavy atom. The van der Waals surface area contributed by atoms with Crippen molar-refractivity contribution < 1.29 is 5.11 Å². The van der Waals surface area contributed by atoms with Crippen molar-refractivity contribution in [2.24, 2.45) is 29.1 Å². The summed E-state index contributed by atoms with van der Waals surface area (Å²) in [5.74, 6) is 3.94. The van der Waals surface area contributed by atoms with Crippen molar-refractivity contribution in [1.29, 1.82) is 5.26 Å². The van der Waals surface area contributed by atoms with Crippen LogP contribution in [0.15, 0.2) is 30.5 Å². The van der Waals surface area contributed by atoms with Gasteiger partial charge in [0.2, 0.25) is 5.95 Å². The number of rotatable bonds is 9. The summed E-state index contributed by atoms with van der Waals surface area (Å²) in [6.07, 6.45) is 12.8. The summed E-state index contributed by atoms with van der Waals surface area (Å²) >= 11 is 6.30. The highest BCUT2D eigenvalue weighted by atomic mass is 35.5. The number of aliphatic hydroxyl groups excluding tert-OH is 1. The summed E-state index contributed by atoms with van der Waals surface area (Å²) in [4.78, 5) is 9.04. The first-order valence-corrected chi connectivity index (χ1v) is 14.8. The van der Waals surface area contributed by atoms with Crippen LogP contribution < -0.4 is 16.0 Å². The van der Waals surface area contributed by atoms with Crippen LogP contribution >= 0.6 is 11.6 Å². The highest BCUT2D eigenvalue weighted by Crippen LogP contribution is 2.60. The molecule has 3 unspecified atom stereocenters. The number of hydrogen-bond donors (Lipinski definition) is 4. The molecule has 5 saturated carbocycles. The molecule has 4 N–H and O–H groups in total. The summed E-state index contributed by atoms with van der Waals surface area (Å²) in [7, 11) is 0.